The van der Waals surface area contributed by atoms with Crippen molar-refractivity contribution in [2.45, 2.75) is 44.0 Å². The second-order valence-electron chi connectivity index (χ2n) is 7.22. The van der Waals surface area contributed by atoms with E-state index in [1.807, 2.05) is 0 Å². The predicted octanol–water partition coefficient (Wildman–Crippen LogP) is 5.00. The molecule has 0 radical (unpaired) electrons. The summed E-state index contributed by atoms with van der Waals surface area (Å²) in [6, 6.07) is 7.81. The van der Waals surface area contributed by atoms with E-state index in [1.54, 1.807) is 0 Å². The van der Waals surface area contributed by atoms with Crippen molar-refractivity contribution in [2.24, 2.45) is 4.99 Å². The van der Waals surface area contributed by atoms with Crippen molar-refractivity contribution in [3.8, 4) is 0 Å². The topological polar surface area (TPSA) is 73.7 Å². The SMILES string of the molecule is O=C(/N=C(/Nc1cccc(Cl)c1F)N[C@H]1CC[C@H](O)CC1)c1ccc(C(F)(F)F)cc1. The zero-order valence-electron chi connectivity index (χ0n) is 16.2. The minimum Gasteiger partial charge on any atom is -0.393 e. The Labute approximate surface area is 181 Å². The first-order chi connectivity index (χ1) is 14.6. The lowest BCUT2D eigenvalue weighted by Crippen LogP contribution is -2.42. The van der Waals surface area contributed by atoms with E-state index in [0.717, 1.165) is 24.3 Å². The average Bonchev–Trinajstić information content (AvgIpc) is 2.72. The van der Waals surface area contributed by atoms with Gasteiger partial charge < -0.3 is 15.7 Å². The summed E-state index contributed by atoms with van der Waals surface area (Å²) in [5, 5.41) is 15.3. The fraction of sp³-hybridized carbons (Fsp3) is 0.333. The lowest BCUT2D eigenvalue weighted by atomic mass is 9.93. The molecule has 0 atom stereocenters. The van der Waals surface area contributed by atoms with Gasteiger partial charge in [-0.1, -0.05) is 17.7 Å². The van der Waals surface area contributed by atoms with Gasteiger partial charge in [0.2, 0.25) is 5.96 Å². The summed E-state index contributed by atoms with van der Waals surface area (Å²) >= 11 is 5.80. The van der Waals surface area contributed by atoms with Gasteiger partial charge in [-0.2, -0.15) is 18.2 Å². The minimum absolute atomic E-state index is 0.0187. The molecule has 166 valence electrons. The summed E-state index contributed by atoms with van der Waals surface area (Å²) in [6.07, 6.45) is -2.59. The number of aliphatic hydroxyl groups excluding tert-OH is 1. The number of hydrogen-bond donors (Lipinski definition) is 3. The van der Waals surface area contributed by atoms with Gasteiger partial charge in [0, 0.05) is 11.6 Å². The Morgan fingerprint density at radius 3 is 2.32 bits per heavy atom. The fourth-order valence-electron chi connectivity index (χ4n) is 3.21. The molecule has 0 aliphatic heterocycles. The van der Waals surface area contributed by atoms with Crippen molar-refractivity contribution < 1.29 is 27.5 Å². The van der Waals surface area contributed by atoms with Crippen LogP contribution in [0.15, 0.2) is 47.5 Å². The van der Waals surface area contributed by atoms with Gasteiger partial charge in [-0.3, -0.25) is 4.79 Å². The van der Waals surface area contributed by atoms with Gasteiger partial charge in [0.05, 0.1) is 22.4 Å². The molecule has 0 saturated heterocycles. The number of hydrogen-bond acceptors (Lipinski definition) is 2. The third-order valence-corrected chi connectivity index (χ3v) is 5.21. The van der Waals surface area contributed by atoms with Crippen LogP contribution in [0, 0.1) is 5.82 Å². The van der Waals surface area contributed by atoms with Crippen molar-refractivity contribution in [3.63, 3.8) is 0 Å². The zero-order valence-corrected chi connectivity index (χ0v) is 17.0. The molecule has 1 amide bonds. The molecular weight excluding hydrogens is 438 g/mol. The first kappa shape index (κ1) is 23.0. The average molecular weight is 458 g/mol. The highest BCUT2D eigenvalue weighted by Crippen LogP contribution is 2.29. The third kappa shape index (κ3) is 6.18. The molecule has 1 saturated carbocycles. The van der Waals surface area contributed by atoms with Crippen molar-refractivity contribution in [1.29, 1.82) is 0 Å². The van der Waals surface area contributed by atoms with Crippen LogP contribution in [0.2, 0.25) is 5.02 Å². The monoisotopic (exact) mass is 457 g/mol. The number of alkyl halides is 3. The molecule has 0 heterocycles. The molecule has 2 aromatic carbocycles. The molecule has 0 unspecified atom stereocenters. The minimum atomic E-state index is -4.52. The maximum atomic E-state index is 14.3. The number of carbonyl (C=O) groups excluding carboxylic acids is 1. The van der Waals surface area contributed by atoms with Gasteiger partial charge in [0.1, 0.15) is 0 Å². The van der Waals surface area contributed by atoms with Gasteiger partial charge in [0.15, 0.2) is 5.82 Å². The van der Waals surface area contributed by atoms with Crippen LogP contribution in [0.5, 0.6) is 0 Å². The number of nitrogens with zero attached hydrogens (tertiary/aromatic N) is 1. The van der Waals surface area contributed by atoms with Gasteiger partial charge in [-0.15, -0.1) is 0 Å². The number of halogens is 5. The van der Waals surface area contributed by atoms with E-state index >= 15 is 0 Å². The van der Waals surface area contributed by atoms with E-state index in [-0.39, 0.29) is 28.3 Å². The highest BCUT2D eigenvalue weighted by atomic mass is 35.5. The molecule has 1 aliphatic carbocycles. The molecule has 1 aliphatic rings. The second kappa shape index (κ2) is 9.65. The van der Waals surface area contributed by atoms with Crippen LogP contribution in [-0.4, -0.2) is 29.1 Å². The normalized spacial score (nSPS) is 19.7. The van der Waals surface area contributed by atoms with Gasteiger partial charge in [-0.25, -0.2) is 4.39 Å². The van der Waals surface area contributed by atoms with Crippen LogP contribution in [-0.2, 0) is 6.18 Å². The fourth-order valence-corrected chi connectivity index (χ4v) is 3.38. The van der Waals surface area contributed by atoms with Crippen molar-refractivity contribution in [3.05, 3.63) is 64.4 Å². The number of amides is 1. The number of aliphatic hydroxyl groups is 1. The Hall–Kier alpha value is -2.65. The number of guanidine groups is 1. The molecule has 31 heavy (non-hydrogen) atoms. The van der Waals surface area contributed by atoms with E-state index < -0.39 is 29.6 Å². The largest absolute Gasteiger partial charge is 0.416 e. The standard InChI is InChI=1S/C21H20ClF4N3O2/c22-16-2-1-3-17(18(16)23)28-20(27-14-8-10-15(30)11-9-14)29-19(31)12-4-6-13(7-5-12)21(24,25)26/h1-7,14-15,30H,8-11H2,(H2,27,28,29,31)/t14-,15-. The highest BCUT2D eigenvalue weighted by molar-refractivity contribution is 6.31. The molecule has 3 N–H and O–H groups in total. The number of rotatable bonds is 3. The van der Waals surface area contributed by atoms with E-state index in [0.29, 0.717) is 25.7 Å². The Balaban J connectivity index is 1.84. The van der Waals surface area contributed by atoms with E-state index in [2.05, 4.69) is 15.6 Å². The summed E-state index contributed by atoms with van der Waals surface area (Å²) < 4.78 is 52.5. The highest BCUT2D eigenvalue weighted by Gasteiger charge is 2.30. The molecular formula is C21H20ClF4N3O2. The van der Waals surface area contributed by atoms with Crippen LogP contribution in [0.4, 0.5) is 23.2 Å². The molecule has 1 fully saturated rings. The maximum Gasteiger partial charge on any atom is 0.416 e. The molecule has 0 bridgehead atoms. The second-order valence-corrected chi connectivity index (χ2v) is 7.62. The Morgan fingerprint density at radius 1 is 1.06 bits per heavy atom. The summed E-state index contributed by atoms with van der Waals surface area (Å²) in [6.45, 7) is 0. The predicted molar refractivity (Wildman–Crippen MR) is 110 cm³/mol. The number of carbonyl (C=O) groups is 1. The van der Waals surface area contributed by atoms with Crippen LogP contribution in [0.1, 0.15) is 41.6 Å². The first-order valence-electron chi connectivity index (χ1n) is 9.59. The molecule has 0 spiro atoms. The third-order valence-electron chi connectivity index (χ3n) is 4.91. The van der Waals surface area contributed by atoms with Gasteiger partial charge in [-0.05, 0) is 62.1 Å². The van der Waals surface area contributed by atoms with E-state index in [9.17, 15) is 27.5 Å². The van der Waals surface area contributed by atoms with Crippen molar-refractivity contribution in [1.82, 2.24) is 5.32 Å². The number of benzene rings is 2. The summed E-state index contributed by atoms with van der Waals surface area (Å²) in [7, 11) is 0. The smallest absolute Gasteiger partial charge is 0.393 e. The molecule has 0 aromatic heterocycles. The Morgan fingerprint density at radius 2 is 1.71 bits per heavy atom. The summed E-state index contributed by atoms with van der Waals surface area (Å²) in [5.41, 5.74) is -0.958. The molecule has 5 nitrogen and oxygen atoms in total. The molecule has 10 heteroatoms. The number of anilines is 1. The molecule has 3 rings (SSSR count). The zero-order chi connectivity index (χ0) is 22.6. The van der Waals surface area contributed by atoms with Crippen LogP contribution >= 0.6 is 11.6 Å². The van der Waals surface area contributed by atoms with Gasteiger partial charge in [0.25, 0.3) is 5.91 Å². The number of nitrogens with one attached hydrogen (secondary N) is 2. The maximum absolute atomic E-state index is 14.3. The van der Waals surface area contributed by atoms with Crippen molar-refractivity contribution in [2.75, 3.05) is 5.32 Å². The first-order valence-corrected chi connectivity index (χ1v) is 9.97. The quantitative estimate of drug-likeness (QED) is 0.344. The summed E-state index contributed by atoms with van der Waals surface area (Å²) in [5.74, 6) is -1.60. The van der Waals surface area contributed by atoms with Crippen LogP contribution in [0.3, 0.4) is 0 Å². The lowest BCUT2D eigenvalue weighted by Gasteiger charge is -2.27. The van der Waals surface area contributed by atoms with Crippen LogP contribution < -0.4 is 10.6 Å². The van der Waals surface area contributed by atoms with E-state index in [4.69, 9.17) is 11.6 Å². The Kier molecular flexibility index (Phi) is 7.17. The van der Waals surface area contributed by atoms with E-state index in [1.165, 1.54) is 18.2 Å². The number of aliphatic imine (C=N–C) groups is 1. The molecule has 2 aromatic rings. The Bertz CT molecular complexity index is 956. The van der Waals surface area contributed by atoms with Gasteiger partial charge >= 0.3 is 6.18 Å². The van der Waals surface area contributed by atoms with Crippen molar-refractivity contribution >= 4 is 29.2 Å². The lowest BCUT2D eigenvalue weighted by molar-refractivity contribution is -0.137. The van der Waals surface area contributed by atoms with Crippen LogP contribution in [0.25, 0.3) is 0 Å². The summed E-state index contributed by atoms with van der Waals surface area (Å²) in [4.78, 5) is 16.5.